The molecule has 0 bridgehead atoms. The minimum absolute atomic E-state index is 0.0924. The lowest BCUT2D eigenvalue weighted by atomic mass is 9.95. The minimum Gasteiger partial charge on any atom is -0.385 e. The van der Waals surface area contributed by atoms with Gasteiger partial charge in [-0.1, -0.05) is 36.4 Å². The molecule has 1 aliphatic carbocycles. The van der Waals surface area contributed by atoms with E-state index in [0.717, 1.165) is 11.3 Å². The molecule has 4 nitrogen and oxygen atoms in total. The number of hydrogen-bond donors (Lipinski definition) is 2. The number of nitrogen functional groups attached to an aromatic ring is 1. The summed E-state index contributed by atoms with van der Waals surface area (Å²) in [4.78, 5) is 25.5. The zero-order valence-corrected chi connectivity index (χ0v) is 12.7. The van der Waals surface area contributed by atoms with Crippen molar-refractivity contribution in [2.24, 2.45) is 0 Å². The number of ketones is 2. The minimum atomic E-state index is -0.0924. The summed E-state index contributed by atoms with van der Waals surface area (Å²) in [7, 11) is 0. The Morgan fingerprint density at radius 1 is 0.870 bits per heavy atom. The maximum Gasteiger partial charge on any atom is 0.186 e. The Morgan fingerprint density at radius 2 is 1.48 bits per heavy atom. The second-order valence-electron chi connectivity index (χ2n) is 5.37. The quantitative estimate of drug-likeness (QED) is 0.665. The summed E-state index contributed by atoms with van der Waals surface area (Å²) in [6.07, 6.45) is 2.62. The van der Waals surface area contributed by atoms with Crippen LogP contribution in [0.1, 0.15) is 26.3 Å². The van der Waals surface area contributed by atoms with Crippen molar-refractivity contribution in [3.05, 3.63) is 77.4 Å². The molecule has 1 heterocycles. The number of anilines is 1. The van der Waals surface area contributed by atoms with Gasteiger partial charge >= 0.3 is 0 Å². The average Bonchev–Trinajstić information content (AvgIpc) is 2.94. The molecule has 0 saturated carbocycles. The number of aryl methyl sites for hydroxylation is 1. The molecular weight excluding hydrogens is 288 g/mol. The Balaban J connectivity index is 0.000000136. The van der Waals surface area contributed by atoms with Crippen LogP contribution in [0.2, 0.25) is 0 Å². The molecule has 0 aliphatic heterocycles. The Kier molecular flexibility index (Phi) is 3.81. The molecule has 2 aromatic carbocycles. The Hall–Kier alpha value is -3.14. The number of hydrogen-bond acceptors (Lipinski definition) is 3. The van der Waals surface area contributed by atoms with E-state index in [9.17, 15) is 9.59 Å². The predicted molar refractivity (Wildman–Crippen MR) is 91.7 cm³/mol. The molecule has 0 radical (unpaired) electrons. The number of allylic oxidation sites excluding steroid dienone is 2. The van der Waals surface area contributed by atoms with E-state index in [1.165, 1.54) is 23.1 Å². The molecule has 0 atom stereocenters. The van der Waals surface area contributed by atoms with E-state index < -0.39 is 0 Å². The van der Waals surface area contributed by atoms with E-state index in [2.05, 4.69) is 18.0 Å². The van der Waals surface area contributed by atoms with Gasteiger partial charge in [-0.3, -0.25) is 9.59 Å². The molecule has 0 saturated heterocycles. The smallest absolute Gasteiger partial charge is 0.186 e. The zero-order chi connectivity index (χ0) is 16.4. The third-order valence-corrected chi connectivity index (χ3v) is 3.75. The van der Waals surface area contributed by atoms with Crippen LogP contribution in [-0.2, 0) is 0 Å². The lowest BCUT2D eigenvalue weighted by Gasteiger charge is -2.06. The van der Waals surface area contributed by atoms with Crippen molar-refractivity contribution in [2.75, 3.05) is 5.73 Å². The molecule has 4 heteroatoms. The van der Waals surface area contributed by atoms with Gasteiger partial charge in [0.15, 0.2) is 11.6 Å². The number of nitrogens with one attached hydrogen (secondary N) is 1. The van der Waals surface area contributed by atoms with Crippen LogP contribution < -0.4 is 5.73 Å². The summed E-state index contributed by atoms with van der Waals surface area (Å²) in [5, 5.41) is 1.21. The summed E-state index contributed by atoms with van der Waals surface area (Å²) < 4.78 is 0. The Morgan fingerprint density at radius 3 is 2.04 bits per heavy atom. The van der Waals surface area contributed by atoms with Gasteiger partial charge in [-0.25, -0.2) is 0 Å². The lowest BCUT2D eigenvalue weighted by molar-refractivity contribution is 0.0994. The molecule has 23 heavy (non-hydrogen) atoms. The van der Waals surface area contributed by atoms with Gasteiger partial charge in [0, 0.05) is 22.0 Å². The van der Waals surface area contributed by atoms with Gasteiger partial charge < -0.3 is 10.7 Å². The topological polar surface area (TPSA) is 76.0 Å². The summed E-state index contributed by atoms with van der Waals surface area (Å²) >= 11 is 0. The lowest BCUT2D eigenvalue weighted by Crippen LogP contribution is -2.10. The number of carbonyl (C=O) groups excluding carboxylic acids is 2. The Bertz CT molecular complexity index is 898. The van der Waals surface area contributed by atoms with Crippen molar-refractivity contribution < 1.29 is 9.59 Å². The third-order valence-electron chi connectivity index (χ3n) is 3.75. The fourth-order valence-electron chi connectivity index (χ4n) is 2.57. The van der Waals surface area contributed by atoms with E-state index in [1.807, 2.05) is 18.2 Å². The molecule has 0 spiro atoms. The van der Waals surface area contributed by atoms with Crippen molar-refractivity contribution in [1.82, 2.24) is 4.98 Å². The van der Waals surface area contributed by atoms with Crippen molar-refractivity contribution >= 4 is 28.3 Å². The number of aromatic amines is 1. The number of carbonyl (C=O) groups is 2. The molecule has 3 aromatic rings. The van der Waals surface area contributed by atoms with Crippen molar-refractivity contribution in [2.45, 2.75) is 6.92 Å². The number of benzene rings is 2. The van der Waals surface area contributed by atoms with E-state index in [-0.39, 0.29) is 11.6 Å². The van der Waals surface area contributed by atoms with E-state index >= 15 is 0 Å². The maximum absolute atomic E-state index is 11.2. The molecule has 1 aliphatic rings. The fourth-order valence-corrected chi connectivity index (χ4v) is 2.57. The van der Waals surface area contributed by atoms with E-state index in [4.69, 9.17) is 5.73 Å². The van der Waals surface area contributed by atoms with Crippen molar-refractivity contribution in [3.63, 3.8) is 0 Å². The molecule has 1 aromatic heterocycles. The van der Waals surface area contributed by atoms with E-state index in [1.54, 1.807) is 24.3 Å². The predicted octanol–water partition coefficient (Wildman–Crippen LogP) is 3.68. The van der Waals surface area contributed by atoms with Gasteiger partial charge in [0.25, 0.3) is 0 Å². The second kappa shape index (κ2) is 5.93. The first-order valence-electron chi connectivity index (χ1n) is 7.26. The van der Waals surface area contributed by atoms with Gasteiger partial charge in [-0.05, 0) is 36.8 Å². The first kappa shape index (κ1) is 14.8. The van der Waals surface area contributed by atoms with Crippen LogP contribution in [0.5, 0.6) is 0 Å². The third kappa shape index (κ3) is 2.92. The second-order valence-corrected chi connectivity index (χ2v) is 5.37. The highest BCUT2D eigenvalue weighted by Crippen LogP contribution is 2.19. The summed E-state index contributed by atoms with van der Waals surface area (Å²) in [5.74, 6) is 0.546. The van der Waals surface area contributed by atoms with Crippen LogP contribution in [0.4, 0.5) is 5.82 Å². The zero-order valence-electron chi connectivity index (χ0n) is 12.7. The molecule has 0 unspecified atom stereocenters. The van der Waals surface area contributed by atoms with E-state index in [0.29, 0.717) is 11.1 Å². The summed E-state index contributed by atoms with van der Waals surface area (Å²) in [6, 6.07) is 14.9. The molecule has 0 amide bonds. The summed E-state index contributed by atoms with van der Waals surface area (Å²) in [5.41, 5.74) is 8.99. The van der Waals surface area contributed by atoms with Crippen LogP contribution in [0, 0.1) is 6.92 Å². The van der Waals surface area contributed by atoms with Gasteiger partial charge in [-0.15, -0.1) is 0 Å². The largest absolute Gasteiger partial charge is 0.385 e. The monoisotopic (exact) mass is 304 g/mol. The van der Waals surface area contributed by atoms with Gasteiger partial charge in [0.2, 0.25) is 0 Å². The maximum atomic E-state index is 11.2. The Labute approximate surface area is 133 Å². The van der Waals surface area contributed by atoms with Crippen LogP contribution in [0.25, 0.3) is 10.9 Å². The molecule has 0 fully saturated rings. The SMILES string of the molecule is Cc1cccc2[nH]c(N)cc12.O=C1C=CC(=O)c2ccccc21. The highest BCUT2D eigenvalue weighted by molar-refractivity contribution is 6.21. The molecule has 4 rings (SSSR count). The van der Waals surface area contributed by atoms with Gasteiger partial charge in [0.1, 0.15) is 5.82 Å². The highest BCUT2D eigenvalue weighted by Gasteiger charge is 2.16. The first-order valence-corrected chi connectivity index (χ1v) is 7.26. The van der Waals surface area contributed by atoms with Crippen LogP contribution in [0.15, 0.2) is 60.7 Å². The van der Waals surface area contributed by atoms with Crippen LogP contribution in [0.3, 0.4) is 0 Å². The normalized spacial score (nSPS) is 12.7. The van der Waals surface area contributed by atoms with Gasteiger partial charge in [0.05, 0.1) is 0 Å². The van der Waals surface area contributed by atoms with Crippen molar-refractivity contribution in [1.29, 1.82) is 0 Å². The van der Waals surface area contributed by atoms with Crippen LogP contribution in [-0.4, -0.2) is 16.6 Å². The summed E-state index contributed by atoms with van der Waals surface area (Å²) in [6.45, 7) is 2.08. The number of fused-ring (bicyclic) bond motifs is 2. The van der Waals surface area contributed by atoms with Crippen molar-refractivity contribution in [3.8, 4) is 0 Å². The average molecular weight is 304 g/mol. The first-order chi connectivity index (χ1) is 11.1. The molecule has 3 N–H and O–H groups in total. The number of H-pyrrole nitrogens is 1. The standard InChI is InChI=1S/C10H6O2.C9H10N2/c11-9-5-6-10(12)8-4-2-1-3-7(8)9;1-6-3-2-4-8-7(6)5-9(10)11-8/h1-6H;2-5,11H,10H2,1H3. The van der Waals surface area contributed by atoms with Crippen LogP contribution >= 0.6 is 0 Å². The number of nitrogens with two attached hydrogens (primary N) is 1. The van der Waals surface area contributed by atoms with Gasteiger partial charge in [-0.2, -0.15) is 0 Å². The highest BCUT2D eigenvalue weighted by atomic mass is 16.1. The molecular formula is C19H16N2O2. The fraction of sp³-hybridized carbons (Fsp3) is 0.0526. The number of aromatic nitrogens is 1. The molecule has 114 valence electrons. The number of rotatable bonds is 0.